The number of aromatic nitrogens is 1. The van der Waals surface area contributed by atoms with Gasteiger partial charge in [-0.05, 0) is 50.5 Å². The topological polar surface area (TPSA) is 45.2 Å². The normalized spacial score (nSPS) is 17.6. The average Bonchev–Trinajstić information content (AvgIpc) is 3.35. The van der Waals surface area contributed by atoms with Gasteiger partial charge >= 0.3 is 0 Å². The first-order valence-electron chi connectivity index (χ1n) is 7.86. The van der Waals surface area contributed by atoms with Gasteiger partial charge in [0.15, 0.2) is 0 Å². The van der Waals surface area contributed by atoms with Crippen molar-refractivity contribution in [3.8, 4) is 0 Å². The Bertz CT molecular complexity index is 512. The minimum absolute atomic E-state index is 0.0863. The zero-order chi connectivity index (χ0) is 14.8. The van der Waals surface area contributed by atoms with Crippen molar-refractivity contribution in [2.24, 2.45) is 11.8 Å². The number of nitrogens with zero attached hydrogens (tertiary/aromatic N) is 2. The van der Waals surface area contributed by atoms with E-state index in [1.165, 1.54) is 31.7 Å². The number of nitrogens with one attached hydrogen (secondary N) is 1. The monoisotopic (exact) mass is 291 g/mol. The first-order chi connectivity index (χ1) is 10.2. The number of carbonyl (C=O) groups excluding carboxylic acids is 1. The minimum atomic E-state index is -0.460. The lowest BCUT2D eigenvalue weighted by atomic mass is 10.2. The van der Waals surface area contributed by atoms with Crippen LogP contribution in [0.5, 0.6) is 0 Å². The van der Waals surface area contributed by atoms with E-state index in [-0.39, 0.29) is 5.91 Å². The molecule has 0 unspecified atom stereocenters. The Hall–Kier alpha value is -1.65. The highest BCUT2D eigenvalue weighted by atomic mass is 19.1. The van der Waals surface area contributed by atoms with E-state index in [9.17, 15) is 9.18 Å². The van der Waals surface area contributed by atoms with Gasteiger partial charge in [0.25, 0.3) is 5.91 Å². The Morgan fingerprint density at radius 3 is 2.48 bits per heavy atom. The van der Waals surface area contributed by atoms with Gasteiger partial charge in [-0.1, -0.05) is 0 Å². The molecule has 5 heteroatoms. The van der Waals surface area contributed by atoms with Gasteiger partial charge < -0.3 is 10.2 Å². The molecule has 1 aromatic rings. The first-order valence-corrected chi connectivity index (χ1v) is 7.86. The molecular weight excluding hydrogens is 269 g/mol. The van der Waals surface area contributed by atoms with Gasteiger partial charge in [0, 0.05) is 19.6 Å². The van der Waals surface area contributed by atoms with Gasteiger partial charge in [-0.3, -0.25) is 4.79 Å². The molecule has 2 aliphatic carbocycles. The fourth-order valence-corrected chi connectivity index (χ4v) is 2.55. The zero-order valence-corrected chi connectivity index (χ0v) is 12.4. The molecule has 3 rings (SSSR count). The van der Waals surface area contributed by atoms with Crippen LogP contribution in [-0.2, 0) is 0 Å². The predicted molar refractivity (Wildman–Crippen MR) is 79.7 cm³/mol. The molecule has 0 bridgehead atoms. The Morgan fingerprint density at radius 2 is 1.95 bits per heavy atom. The smallest absolute Gasteiger partial charge is 0.257 e. The van der Waals surface area contributed by atoms with Crippen molar-refractivity contribution in [2.45, 2.75) is 32.6 Å². The van der Waals surface area contributed by atoms with Crippen LogP contribution in [0, 0.1) is 17.7 Å². The summed E-state index contributed by atoms with van der Waals surface area (Å²) in [7, 11) is 0. The van der Waals surface area contributed by atoms with Crippen molar-refractivity contribution in [3.63, 3.8) is 0 Å². The summed E-state index contributed by atoms with van der Waals surface area (Å²) in [6.45, 7) is 4.20. The molecule has 2 fully saturated rings. The lowest BCUT2D eigenvalue weighted by Gasteiger charge is -2.23. The highest BCUT2D eigenvalue weighted by molar-refractivity contribution is 5.98. The third kappa shape index (κ3) is 3.71. The molecule has 0 aliphatic heterocycles. The molecule has 2 saturated carbocycles. The quantitative estimate of drug-likeness (QED) is 0.840. The van der Waals surface area contributed by atoms with Gasteiger partial charge in [-0.2, -0.15) is 0 Å². The lowest BCUT2D eigenvalue weighted by molar-refractivity contribution is 0.0739. The fraction of sp³-hybridized carbons (Fsp3) is 0.625. The molecule has 0 spiro atoms. The van der Waals surface area contributed by atoms with Crippen LogP contribution >= 0.6 is 0 Å². The van der Waals surface area contributed by atoms with E-state index in [1.54, 1.807) is 0 Å². The van der Waals surface area contributed by atoms with E-state index in [0.717, 1.165) is 19.3 Å². The van der Waals surface area contributed by atoms with Crippen molar-refractivity contribution in [1.82, 2.24) is 9.88 Å². The zero-order valence-electron chi connectivity index (χ0n) is 12.4. The van der Waals surface area contributed by atoms with Crippen LogP contribution in [-0.4, -0.2) is 35.4 Å². The Balaban J connectivity index is 1.80. The minimum Gasteiger partial charge on any atom is -0.370 e. The predicted octanol–water partition coefficient (Wildman–Crippen LogP) is 2.91. The molecule has 2 aliphatic rings. The molecule has 1 N–H and O–H groups in total. The second kappa shape index (κ2) is 6.00. The molecule has 0 radical (unpaired) electrons. The number of pyridine rings is 1. The standard InChI is InChI=1S/C16H22FN3O/c1-2-18-15-14(7-13(17)8-19-15)16(21)20(9-11-3-4-11)10-12-5-6-12/h7-8,11-12H,2-6,9-10H2,1H3,(H,18,19). The van der Waals surface area contributed by atoms with Gasteiger partial charge in [0.2, 0.25) is 0 Å². The van der Waals surface area contributed by atoms with Crippen LogP contribution < -0.4 is 5.32 Å². The third-order valence-electron chi connectivity index (χ3n) is 4.07. The summed E-state index contributed by atoms with van der Waals surface area (Å²) in [6.07, 6.45) is 5.97. The number of halogens is 1. The van der Waals surface area contributed by atoms with Crippen LogP contribution in [0.1, 0.15) is 43.0 Å². The summed E-state index contributed by atoms with van der Waals surface area (Å²) >= 11 is 0. The van der Waals surface area contributed by atoms with E-state index >= 15 is 0 Å². The molecule has 21 heavy (non-hydrogen) atoms. The van der Waals surface area contributed by atoms with Gasteiger partial charge in [-0.25, -0.2) is 9.37 Å². The molecular formula is C16H22FN3O. The molecule has 0 saturated heterocycles. The summed E-state index contributed by atoms with van der Waals surface area (Å²) in [6, 6.07) is 1.31. The van der Waals surface area contributed by atoms with E-state index in [0.29, 0.717) is 29.8 Å². The molecule has 0 aromatic carbocycles. The Kier molecular flexibility index (Phi) is 4.08. The summed E-state index contributed by atoms with van der Waals surface area (Å²) in [5, 5.41) is 3.05. The highest BCUT2D eigenvalue weighted by Crippen LogP contribution is 2.34. The summed E-state index contributed by atoms with van der Waals surface area (Å²) in [5.41, 5.74) is 0.359. The van der Waals surface area contributed by atoms with Crippen LogP contribution in [0.25, 0.3) is 0 Å². The molecule has 1 heterocycles. The second-order valence-electron chi connectivity index (χ2n) is 6.18. The summed E-state index contributed by atoms with van der Waals surface area (Å²) in [5.74, 6) is 1.21. The van der Waals surface area contributed by atoms with Crippen molar-refractivity contribution >= 4 is 11.7 Å². The lowest BCUT2D eigenvalue weighted by Crippen LogP contribution is -2.35. The van der Waals surface area contributed by atoms with E-state index < -0.39 is 5.82 Å². The second-order valence-corrected chi connectivity index (χ2v) is 6.18. The maximum Gasteiger partial charge on any atom is 0.257 e. The number of hydrogen-bond acceptors (Lipinski definition) is 3. The van der Waals surface area contributed by atoms with Crippen LogP contribution in [0.2, 0.25) is 0 Å². The number of amides is 1. The summed E-state index contributed by atoms with van der Waals surface area (Å²) < 4.78 is 13.5. The summed E-state index contributed by atoms with van der Waals surface area (Å²) in [4.78, 5) is 18.7. The van der Waals surface area contributed by atoms with Crippen molar-refractivity contribution in [2.75, 3.05) is 25.0 Å². The molecule has 114 valence electrons. The molecule has 0 atom stereocenters. The van der Waals surface area contributed by atoms with Crippen LogP contribution in [0.3, 0.4) is 0 Å². The van der Waals surface area contributed by atoms with Crippen molar-refractivity contribution < 1.29 is 9.18 Å². The molecule has 1 aromatic heterocycles. The first kappa shape index (κ1) is 14.3. The van der Waals surface area contributed by atoms with E-state index in [2.05, 4.69) is 10.3 Å². The Labute approximate surface area is 124 Å². The largest absolute Gasteiger partial charge is 0.370 e. The Morgan fingerprint density at radius 1 is 1.33 bits per heavy atom. The maximum atomic E-state index is 13.5. The maximum absolute atomic E-state index is 13.5. The number of hydrogen-bond donors (Lipinski definition) is 1. The van der Waals surface area contributed by atoms with Gasteiger partial charge in [0.05, 0.1) is 11.8 Å². The van der Waals surface area contributed by atoms with Gasteiger partial charge in [-0.15, -0.1) is 0 Å². The third-order valence-corrected chi connectivity index (χ3v) is 4.07. The number of carbonyl (C=O) groups is 1. The fourth-order valence-electron chi connectivity index (χ4n) is 2.55. The van der Waals surface area contributed by atoms with E-state index in [4.69, 9.17) is 0 Å². The van der Waals surface area contributed by atoms with Crippen LogP contribution in [0.15, 0.2) is 12.3 Å². The van der Waals surface area contributed by atoms with Gasteiger partial charge in [0.1, 0.15) is 11.6 Å². The SMILES string of the molecule is CCNc1ncc(F)cc1C(=O)N(CC1CC1)CC1CC1. The molecule has 4 nitrogen and oxygen atoms in total. The van der Waals surface area contributed by atoms with E-state index in [1.807, 2.05) is 11.8 Å². The average molecular weight is 291 g/mol. The van der Waals surface area contributed by atoms with Crippen LogP contribution in [0.4, 0.5) is 10.2 Å². The van der Waals surface area contributed by atoms with Crippen molar-refractivity contribution in [1.29, 1.82) is 0 Å². The molecule has 1 amide bonds. The number of rotatable bonds is 7. The van der Waals surface area contributed by atoms with Crippen molar-refractivity contribution in [3.05, 3.63) is 23.6 Å². The number of anilines is 1. The highest BCUT2D eigenvalue weighted by Gasteiger charge is 2.32.